The summed E-state index contributed by atoms with van der Waals surface area (Å²) in [6, 6.07) is 12.6. The molecule has 0 bridgehead atoms. The highest BCUT2D eigenvalue weighted by Gasteiger charge is 2.16. The van der Waals surface area contributed by atoms with Gasteiger partial charge in [0.2, 0.25) is 0 Å². The summed E-state index contributed by atoms with van der Waals surface area (Å²) < 4.78 is 49.5. The molecule has 14 nitrogen and oxygen atoms in total. The van der Waals surface area contributed by atoms with Gasteiger partial charge in [0.15, 0.2) is 41.2 Å². The van der Waals surface area contributed by atoms with Crippen LogP contribution >= 0.6 is 0 Å². The van der Waals surface area contributed by atoms with Gasteiger partial charge in [-0.3, -0.25) is 9.59 Å². The highest BCUT2D eigenvalue weighted by atomic mass is 32.2. The smallest absolute Gasteiger partial charge is 0.518 e. The van der Waals surface area contributed by atoms with Crippen molar-refractivity contribution >= 4 is 40.1 Å². The van der Waals surface area contributed by atoms with Gasteiger partial charge < -0.3 is 38.6 Å². The van der Waals surface area contributed by atoms with Crippen LogP contribution < -0.4 is 18.8 Å². The minimum Gasteiger partial charge on any atom is -0.748 e. The molecule has 1 heterocycles. The number of nitrogens with zero attached hydrogens (tertiary/aromatic N) is 2. The first-order valence-electron chi connectivity index (χ1n) is 13.4. The average Bonchev–Trinajstić information content (AvgIpc) is 3.01. The number of ether oxygens (including phenoxy) is 4. The Hall–Kier alpha value is -5.67. The summed E-state index contributed by atoms with van der Waals surface area (Å²) in [5, 5.41) is 19.8. The van der Waals surface area contributed by atoms with Crippen molar-refractivity contribution in [2.24, 2.45) is 0 Å². The summed E-state index contributed by atoms with van der Waals surface area (Å²) in [5.41, 5.74) is 1.65. The number of aromatic hydroxyl groups is 1. The molecule has 3 rings (SSSR count). The number of hydrogen-bond acceptors (Lipinski definition) is 12. The Labute approximate surface area is 271 Å². The van der Waals surface area contributed by atoms with Crippen molar-refractivity contribution in [1.29, 1.82) is 0 Å². The molecule has 1 amide bonds. The molecule has 1 aromatic heterocycles. The first kappa shape index (κ1) is 37.5. The molecular formula is C32H34N2O12S. The van der Waals surface area contributed by atoms with Crippen molar-refractivity contribution in [3.63, 3.8) is 0 Å². The summed E-state index contributed by atoms with van der Waals surface area (Å²) in [4.78, 5) is 38.0. The van der Waals surface area contributed by atoms with Gasteiger partial charge in [0.25, 0.3) is 12.6 Å². The third-order valence-electron chi connectivity index (χ3n) is 5.60. The molecular weight excluding hydrogens is 636 g/mol. The quantitative estimate of drug-likeness (QED) is 0.0575. The van der Waals surface area contributed by atoms with Crippen LogP contribution in [-0.2, 0) is 26.4 Å². The number of allylic oxidation sites excluding steroid dienone is 3. The Balaban J connectivity index is 0.00000142. The maximum atomic E-state index is 12.3. The van der Waals surface area contributed by atoms with E-state index < -0.39 is 22.1 Å². The second-order valence-corrected chi connectivity index (χ2v) is 11.0. The van der Waals surface area contributed by atoms with Crippen molar-refractivity contribution in [3.8, 4) is 23.0 Å². The molecule has 0 atom stereocenters. The van der Waals surface area contributed by atoms with Crippen molar-refractivity contribution in [1.82, 2.24) is 4.90 Å². The lowest BCUT2D eigenvalue weighted by atomic mass is 10.1. The zero-order chi connectivity index (χ0) is 35.1. The van der Waals surface area contributed by atoms with Crippen LogP contribution in [0.2, 0.25) is 0 Å². The summed E-state index contributed by atoms with van der Waals surface area (Å²) in [6.07, 6.45) is 9.51. The summed E-state index contributed by atoms with van der Waals surface area (Å²) in [5.74, 6) is -0.350. The first-order valence-corrected chi connectivity index (χ1v) is 15.2. The Morgan fingerprint density at radius 2 is 1.53 bits per heavy atom. The lowest BCUT2D eigenvalue weighted by Crippen LogP contribution is -2.37. The van der Waals surface area contributed by atoms with Crippen molar-refractivity contribution in [2.75, 3.05) is 34.6 Å². The molecule has 15 heteroatoms. The SMILES string of the molecule is COc1cc(/C=C/C(=O)/C=C(O)/C=C/c2ccc(OC(=O)OC[n+]3cccc(C(=O)N(C)C)c3)c(OC)c2)ccc1O.CS(=O)(=O)[O-]. The predicted octanol–water partition coefficient (Wildman–Crippen LogP) is 3.47. The van der Waals surface area contributed by atoms with E-state index in [0.29, 0.717) is 22.9 Å². The van der Waals surface area contributed by atoms with Gasteiger partial charge in [-0.1, -0.05) is 24.3 Å². The zero-order valence-corrected chi connectivity index (χ0v) is 27.0. The van der Waals surface area contributed by atoms with E-state index in [4.69, 9.17) is 31.9 Å². The molecule has 0 fully saturated rings. The van der Waals surface area contributed by atoms with Crippen molar-refractivity contribution in [3.05, 3.63) is 102 Å². The summed E-state index contributed by atoms with van der Waals surface area (Å²) >= 11 is 0. The van der Waals surface area contributed by atoms with Crippen LogP contribution in [0.5, 0.6) is 23.0 Å². The number of ketones is 1. The van der Waals surface area contributed by atoms with Crippen LogP contribution in [0.4, 0.5) is 4.79 Å². The normalized spacial score (nSPS) is 11.4. The molecule has 0 saturated heterocycles. The number of methoxy groups -OCH3 is 2. The minimum absolute atomic E-state index is 0.0177. The van der Waals surface area contributed by atoms with Crippen LogP contribution in [0.25, 0.3) is 12.2 Å². The monoisotopic (exact) mass is 670 g/mol. The van der Waals surface area contributed by atoms with Crippen LogP contribution in [0, 0.1) is 0 Å². The van der Waals surface area contributed by atoms with Crippen LogP contribution in [0.15, 0.2) is 84.9 Å². The number of aliphatic hydroxyl groups is 1. The Morgan fingerprint density at radius 1 is 0.936 bits per heavy atom. The van der Waals surface area contributed by atoms with Crippen molar-refractivity contribution < 1.29 is 61.1 Å². The second kappa shape index (κ2) is 17.7. The van der Waals surface area contributed by atoms with E-state index in [1.165, 1.54) is 60.1 Å². The van der Waals surface area contributed by atoms with Crippen LogP contribution in [0.3, 0.4) is 0 Å². The minimum atomic E-state index is -3.92. The average molecular weight is 671 g/mol. The van der Waals surface area contributed by atoms with Gasteiger partial charge >= 0.3 is 6.16 Å². The number of aromatic nitrogens is 1. The van der Waals surface area contributed by atoms with Gasteiger partial charge in [-0.25, -0.2) is 13.2 Å². The molecule has 0 unspecified atom stereocenters. The largest absolute Gasteiger partial charge is 0.748 e. The number of benzene rings is 2. The maximum absolute atomic E-state index is 12.3. The van der Waals surface area contributed by atoms with Crippen LogP contribution in [-0.4, -0.2) is 80.5 Å². The van der Waals surface area contributed by atoms with E-state index in [1.807, 2.05) is 0 Å². The maximum Gasteiger partial charge on any atom is 0.518 e. The highest BCUT2D eigenvalue weighted by molar-refractivity contribution is 7.84. The van der Waals surface area contributed by atoms with Gasteiger partial charge in [0.05, 0.1) is 24.3 Å². The molecule has 2 aromatic carbocycles. The Kier molecular flexibility index (Phi) is 14.1. The van der Waals surface area contributed by atoms with Gasteiger partial charge in [0.1, 0.15) is 11.3 Å². The van der Waals surface area contributed by atoms with Gasteiger partial charge in [-0.05, 0) is 53.6 Å². The molecule has 0 aliphatic rings. The van der Waals surface area contributed by atoms with Crippen molar-refractivity contribution in [2.45, 2.75) is 6.73 Å². The number of carbonyl (C=O) groups is 3. The molecule has 47 heavy (non-hydrogen) atoms. The number of phenols is 1. The second-order valence-electron chi connectivity index (χ2n) is 9.62. The Morgan fingerprint density at radius 3 is 2.15 bits per heavy atom. The molecule has 250 valence electrons. The first-order chi connectivity index (χ1) is 22.1. The highest BCUT2D eigenvalue weighted by Crippen LogP contribution is 2.29. The lowest BCUT2D eigenvalue weighted by Gasteiger charge is -2.10. The van der Waals surface area contributed by atoms with E-state index in [-0.39, 0.29) is 41.4 Å². The fourth-order valence-corrected chi connectivity index (χ4v) is 3.51. The fourth-order valence-electron chi connectivity index (χ4n) is 3.51. The van der Waals surface area contributed by atoms with E-state index in [0.717, 1.165) is 6.08 Å². The molecule has 0 spiro atoms. The lowest BCUT2D eigenvalue weighted by molar-refractivity contribution is -0.727. The molecule has 3 aromatic rings. The molecule has 2 N–H and O–H groups in total. The molecule has 0 saturated carbocycles. The summed E-state index contributed by atoms with van der Waals surface area (Å²) in [7, 11) is 2.18. The predicted molar refractivity (Wildman–Crippen MR) is 169 cm³/mol. The number of carbonyl (C=O) groups excluding carboxylic acids is 3. The fraction of sp³-hybridized carbons (Fsp3) is 0.188. The van der Waals surface area contributed by atoms with Crippen LogP contribution in [0.1, 0.15) is 21.5 Å². The van der Waals surface area contributed by atoms with E-state index in [9.17, 15) is 24.6 Å². The van der Waals surface area contributed by atoms with Gasteiger partial charge in [0, 0.05) is 32.5 Å². The standard InChI is InChI=1S/C31H30N2O9.CH4O3S/c1-32(2)30(37)23-6-5-15-33(19-23)20-41-31(38)42-27-14-10-22(17-29(27)40-4)8-12-25(35)18-24(34)11-7-21-9-13-26(36)28(16-21)39-3;1-5(2,3)4/h5-19H,20H2,1-4H3,(H-,34,35,36);1H3,(H,2,3,4)/b12-8+;. The van der Waals surface area contributed by atoms with E-state index in [2.05, 4.69) is 0 Å². The zero-order valence-electron chi connectivity index (χ0n) is 26.1. The number of rotatable bonds is 11. The van der Waals surface area contributed by atoms with Gasteiger partial charge in [-0.15, -0.1) is 0 Å². The number of hydrogen-bond donors (Lipinski definition) is 2. The topological polar surface area (TPSA) is 193 Å². The number of pyridine rings is 1. The Bertz CT molecular complexity index is 1770. The number of phenolic OH excluding ortho intramolecular Hbond substituents is 1. The number of aliphatic hydroxyl groups excluding tert-OH is 1. The molecule has 0 radical (unpaired) electrons. The van der Waals surface area contributed by atoms with Gasteiger partial charge in [-0.2, -0.15) is 4.57 Å². The molecule has 0 aliphatic heterocycles. The third-order valence-corrected chi connectivity index (χ3v) is 5.60. The van der Waals surface area contributed by atoms with E-state index >= 15 is 0 Å². The summed E-state index contributed by atoms with van der Waals surface area (Å²) in [6.45, 7) is -0.181. The third kappa shape index (κ3) is 13.9. The number of amides is 1. The van der Waals surface area contributed by atoms with E-state index in [1.54, 1.807) is 62.9 Å². The molecule has 0 aliphatic carbocycles.